The van der Waals surface area contributed by atoms with Crippen molar-refractivity contribution in [3.63, 3.8) is 0 Å². The molecule has 0 unspecified atom stereocenters. The number of hydrogen-bond donors (Lipinski definition) is 2. The van der Waals surface area contributed by atoms with E-state index < -0.39 is 0 Å². The van der Waals surface area contributed by atoms with Crippen LogP contribution >= 0.6 is 0 Å². The number of nitrogens with one attached hydrogen (secondary N) is 1. The van der Waals surface area contributed by atoms with E-state index in [9.17, 15) is 10.1 Å². The van der Waals surface area contributed by atoms with Gasteiger partial charge in [0.05, 0.1) is 4.92 Å². The highest BCUT2D eigenvalue weighted by atomic mass is 16.6. The summed E-state index contributed by atoms with van der Waals surface area (Å²) in [5, 5.41) is 13.9. The first-order valence-electron chi connectivity index (χ1n) is 8.45. The van der Waals surface area contributed by atoms with Crippen molar-refractivity contribution in [3.8, 4) is 0 Å². The second kappa shape index (κ2) is 9.12. The van der Waals surface area contributed by atoms with Crippen molar-refractivity contribution in [3.05, 3.63) is 39.9 Å². The minimum absolute atomic E-state index is 0.139. The highest BCUT2D eigenvalue weighted by molar-refractivity contribution is 5.78. The number of aliphatic imine (C=N–C) groups is 1. The molecule has 1 aromatic carbocycles. The van der Waals surface area contributed by atoms with Crippen LogP contribution in [0, 0.1) is 10.1 Å². The van der Waals surface area contributed by atoms with E-state index in [2.05, 4.69) is 10.3 Å². The molecule has 1 aromatic rings. The zero-order valence-corrected chi connectivity index (χ0v) is 13.5. The van der Waals surface area contributed by atoms with Crippen LogP contribution in [0.3, 0.4) is 0 Å². The SMILES string of the molecule is NC(=NCCCCc1ccc([N+](=O)[O-])cc1)NC1CCCCC1. The number of guanidine groups is 1. The van der Waals surface area contributed by atoms with Crippen molar-refractivity contribution >= 4 is 11.6 Å². The monoisotopic (exact) mass is 318 g/mol. The summed E-state index contributed by atoms with van der Waals surface area (Å²) < 4.78 is 0. The number of benzene rings is 1. The summed E-state index contributed by atoms with van der Waals surface area (Å²) in [6.07, 6.45) is 9.14. The standard InChI is InChI=1S/C17H26N4O2/c18-17(20-15-7-2-1-3-8-15)19-13-5-4-6-14-9-11-16(12-10-14)21(22)23/h9-12,15H,1-8,13H2,(H3,18,19,20). The minimum Gasteiger partial charge on any atom is -0.370 e. The van der Waals surface area contributed by atoms with Crippen LogP contribution in [-0.4, -0.2) is 23.5 Å². The summed E-state index contributed by atoms with van der Waals surface area (Å²) in [6, 6.07) is 7.24. The number of unbranched alkanes of at least 4 members (excludes halogenated alkanes) is 1. The molecule has 1 aliphatic rings. The third kappa shape index (κ3) is 6.26. The Balaban J connectivity index is 1.62. The molecule has 6 heteroatoms. The fraction of sp³-hybridized carbons (Fsp3) is 0.588. The summed E-state index contributed by atoms with van der Waals surface area (Å²) >= 11 is 0. The first-order chi connectivity index (χ1) is 11.1. The molecule has 0 heterocycles. The second-order valence-corrected chi connectivity index (χ2v) is 6.13. The molecule has 1 fully saturated rings. The van der Waals surface area contributed by atoms with Gasteiger partial charge in [0.1, 0.15) is 0 Å². The van der Waals surface area contributed by atoms with Crippen LogP contribution in [-0.2, 0) is 6.42 Å². The molecule has 3 N–H and O–H groups in total. The molecule has 23 heavy (non-hydrogen) atoms. The van der Waals surface area contributed by atoms with E-state index in [-0.39, 0.29) is 10.6 Å². The smallest absolute Gasteiger partial charge is 0.269 e. The summed E-state index contributed by atoms with van der Waals surface area (Å²) in [4.78, 5) is 14.6. The molecule has 0 atom stereocenters. The van der Waals surface area contributed by atoms with Gasteiger partial charge in [0.25, 0.3) is 5.69 Å². The quantitative estimate of drug-likeness (QED) is 0.265. The number of non-ortho nitro benzene ring substituents is 1. The second-order valence-electron chi connectivity index (χ2n) is 6.13. The van der Waals surface area contributed by atoms with E-state index in [0.29, 0.717) is 12.0 Å². The van der Waals surface area contributed by atoms with Crippen molar-refractivity contribution in [2.24, 2.45) is 10.7 Å². The molecule has 1 aliphatic carbocycles. The van der Waals surface area contributed by atoms with Crippen molar-refractivity contribution in [2.45, 2.75) is 57.4 Å². The minimum atomic E-state index is -0.374. The number of nitro benzene ring substituents is 1. The van der Waals surface area contributed by atoms with E-state index >= 15 is 0 Å². The van der Waals surface area contributed by atoms with Crippen LogP contribution in [0.15, 0.2) is 29.3 Å². The number of hydrogen-bond acceptors (Lipinski definition) is 3. The van der Waals surface area contributed by atoms with Crippen molar-refractivity contribution in [2.75, 3.05) is 6.54 Å². The Morgan fingerprint density at radius 2 is 1.91 bits per heavy atom. The van der Waals surface area contributed by atoms with Gasteiger partial charge in [0.15, 0.2) is 5.96 Å². The summed E-state index contributed by atoms with van der Waals surface area (Å²) in [5.74, 6) is 0.562. The van der Waals surface area contributed by atoms with E-state index in [1.807, 2.05) is 12.1 Å². The van der Waals surface area contributed by atoms with Gasteiger partial charge in [-0.1, -0.05) is 31.4 Å². The van der Waals surface area contributed by atoms with Gasteiger partial charge in [-0.3, -0.25) is 15.1 Å². The third-order valence-electron chi connectivity index (χ3n) is 4.26. The van der Waals surface area contributed by atoms with Crippen LogP contribution in [0.5, 0.6) is 0 Å². The molecule has 0 radical (unpaired) electrons. The predicted molar refractivity (Wildman–Crippen MR) is 92.5 cm³/mol. The van der Waals surface area contributed by atoms with Gasteiger partial charge in [-0.15, -0.1) is 0 Å². The largest absolute Gasteiger partial charge is 0.370 e. The summed E-state index contributed by atoms with van der Waals surface area (Å²) in [7, 11) is 0. The molecule has 1 saturated carbocycles. The molecule has 0 saturated heterocycles. The molecular weight excluding hydrogens is 292 g/mol. The Hall–Kier alpha value is -2.11. The highest BCUT2D eigenvalue weighted by Crippen LogP contribution is 2.17. The maximum Gasteiger partial charge on any atom is 0.269 e. The lowest BCUT2D eigenvalue weighted by Gasteiger charge is -2.23. The maximum atomic E-state index is 10.6. The van der Waals surface area contributed by atoms with Crippen LogP contribution in [0.4, 0.5) is 5.69 Å². The van der Waals surface area contributed by atoms with Gasteiger partial charge < -0.3 is 11.1 Å². The van der Waals surface area contributed by atoms with E-state index in [0.717, 1.165) is 31.4 Å². The third-order valence-corrected chi connectivity index (χ3v) is 4.26. The van der Waals surface area contributed by atoms with Crippen molar-refractivity contribution in [1.29, 1.82) is 0 Å². The Morgan fingerprint density at radius 3 is 2.57 bits per heavy atom. The van der Waals surface area contributed by atoms with E-state index in [1.165, 1.54) is 32.1 Å². The fourth-order valence-corrected chi connectivity index (χ4v) is 2.93. The van der Waals surface area contributed by atoms with Gasteiger partial charge in [-0.05, 0) is 37.7 Å². The van der Waals surface area contributed by atoms with Crippen LogP contribution in [0.2, 0.25) is 0 Å². The molecule has 0 amide bonds. The molecule has 0 aromatic heterocycles. The summed E-state index contributed by atoms with van der Waals surface area (Å²) in [5.41, 5.74) is 7.18. The number of nitrogens with zero attached hydrogens (tertiary/aromatic N) is 2. The van der Waals surface area contributed by atoms with Crippen molar-refractivity contribution < 1.29 is 4.92 Å². The van der Waals surface area contributed by atoms with E-state index in [4.69, 9.17) is 5.73 Å². The normalized spacial score (nSPS) is 16.3. The molecule has 126 valence electrons. The van der Waals surface area contributed by atoms with Gasteiger partial charge in [-0.2, -0.15) is 0 Å². The molecule has 2 rings (SSSR count). The maximum absolute atomic E-state index is 10.6. The average molecular weight is 318 g/mol. The van der Waals surface area contributed by atoms with Crippen LogP contribution in [0.25, 0.3) is 0 Å². The van der Waals surface area contributed by atoms with E-state index in [1.54, 1.807) is 12.1 Å². The number of rotatable bonds is 7. The number of nitro groups is 1. The Bertz CT molecular complexity index is 522. The van der Waals surface area contributed by atoms with Gasteiger partial charge >= 0.3 is 0 Å². The first kappa shape index (κ1) is 17.2. The zero-order chi connectivity index (χ0) is 16.5. The molecule has 0 bridgehead atoms. The Labute approximate surface area is 137 Å². The van der Waals surface area contributed by atoms with Gasteiger partial charge in [0.2, 0.25) is 0 Å². The summed E-state index contributed by atoms with van der Waals surface area (Å²) in [6.45, 7) is 0.721. The molecule has 0 aliphatic heterocycles. The zero-order valence-electron chi connectivity index (χ0n) is 13.5. The predicted octanol–water partition coefficient (Wildman–Crippen LogP) is 3.15. The molecule has 0 spiro atoms. The molecular formula is C17H26N4O2. The lowest BCUT2D eigenvalue weighted by Crippen LogP contribution is -2.41. The lowest BCUT2D eigenvalue weighted by molar-refractivity contribution is -0.384. The fourth-order valence-electron chi connectivity index (χ4n) is 2.93. The Morgan fingerprint density at radius 1 is 1.22 bits per heavy atom. The van der Waals surface area contributed by atoms with Crippen LogP contribution < -0.4 is 11.1 Å². The lowest BCUT2D eigenvalue weighted by atomic mass is 9.96. The van der Waals surface area contributed by atoms with Crippen molar-refractivity contribution in [1.82, 2.24) is 5.32 Å². The first-order valence-corrected chi connectivity index (χ1v) is 8.45. The topological polar surface area (TPSA) is 93.5 Å². The highest BCUT2D eigenvalue weighted by Gasteiger charge is 2.13. The number of aryl methyl sites for hydroxylation is 1. The average Bonchev–Trinajstić information content (AvgIpc) is 2.56. The molecule has 6 nitrogen and oxygen atoms in total. The Kier molecular flexibility index (Phi) is 6.84. The number of nitrogens with two attached hydrogens (primary N) is 1. The van der Waals surface area contributed by atoms with Gasteiger partial charge in [0, 0.05) is 24.7 Å². The van der Waals surface area contributed by atoms with Crippen LogP contribution in [0.1, 0.15) is 50.5 Å². The van der Waals surface area contributed by atoms with Gasteiger partial charge in [-0.25, -0.2) is 0 Å².